The Morgan fingerprint density at radius 1 is 1.44 bits per heavy atom. The summed E-state index contributed by atoms with van der Waals surface area (Å²) in [6, 6.07) is 3.17. The molecule has 0 bridgehead atoms. The number of ether oxygens (including phenoxy) is 1. The van der Waals surface area contributed by atoms with E-state index >= 15 is 0 Å². The van der Waals surface area contributed by atoms with Crippen molar-refractivity contribution >= 4 is 5.65 Å². The summed E-state index contributed by atoms with van der Waals surface area (Å²) >= 11 is 0. The van der Waals surface area contributed by atoms with Crippen molar-refractivity contribution in [3.05, 3.63) is 40.4 Å². The lowest BCUT2D eigenvalue weighted by Crippen LogP contribution is -2.11. The van der Waals surface area contributed by atoms with Gasteiger partial charge in [-0.05, 0) is 19.3 Å². The molecule has 0 aliphatic carbocycles. The van der Waals surface area contributed by atoms with Crippen LogP contribution in [0, 0.1) is 0 Å². The number of nitrogens with one attached hydrogen (secondary N) is 1. The van der Waals surface area contributed by atoms with Crippen molar-refractivity contribution in [3.8, 4) is 0 Å². The van der Waals surface area contributed by atoms with Crippen LogP contribution in [-0.2, 0) is 4.74 Å². The van der Waals surface area contributed by atoms with E-state index in [1.807, 2.05) is 10.6 Å². The maximum absolute atomic E-state index is 11.2. The molecule has 3 rings (SSSR count). The molecule has 0 aromatic carbocycles. The van der Waals surface area contributed by atoms with Crippen LogP contribution in [0.25, 0.3) is 5.65 Å². The first kappa shape index (κ1) is 9.66. The van der Waals surface area contributed by atoms with Crippen LogP contribution in [0.1, 0.15) is 31.1 Å². The molecule has 3 heterocycles. The SMILES string of the molecule is O=c1ccn2cc(C3CCCCO3)[nH]c2c1. The second-order valence-electron chi connectivity index (χ2n) is 4.22. The molecule has 0 spiro atoms. The molecule has 2 aromatic rings. The Balaban J connectivity index is 2.00. The number of hydrogen-bond donors (Lipinski definition) is 1. The molecule has 0 saturated carbocycles. The average Bonchev–Trinajstić information content (AvgIpc) is 2.73. The van der Waals surface area contributed by atoms with Crippen molar-refractivity contribution in [2.75, 3.05) is 6.61 Å². The molecule has 1 aliphatic rings. The summed E-state index contributed by atoms with van der Waals surface area (Å²) < 4.78 is 7.63. The van der Waals surface area contributed by atoms with Crippen LogP contribution in [0.2, 0.25) is 0 Å². The summed E-state index contributed by atoms with van der Waals surface area (Å²) in [4.78, 5) is 14.4. The predicted molar refractivity (Wildman–Crippen MR) is 60.6 cm³/mol. The Hall–Kier alpha value is -1.55. The molecule has 1 unspecified atom stereocenters. The van der Waals surface area contributed by atoms with Crippen molar-refractivity contribution in [1.29, 1.82) is 0 Å². The fraction of sp³-hybridized carbons (Fsp3) is 0.417. The van der Waals surface area contributed by atoms with Crippen molar-refractivity contribution in [1.82, 2.24) is 9.38 Å². The summed E-state index contributed by atoms with van der Waals surface area (Å²) in [7, 11) is 0. The highest BCUT2D eigenvalue weighted by Gasteiger charge is 2.17. The third-order valence-corrected chi connectivity index (χ3v) is 3.03. The van der Waals surface area contributed by atoms with Gasteiger partial charge in [0, 0.05) is 31.1 Å². The molecular weight excluding hydrogens is 204 g/mol. The highest BCUT2D eigenvalue weighted by atomic mass is 16.5. The third kappa shape index (κ3) is 1.65. The minimum absolute atomic E-state index is 0.0259. The molecule has 0 radical (unpaired) electrons. The molecular formula is C12H14N2O2. The van der Waals surface area contributed by atoms with E-state index in [4.69, 9.17) is 4.74 Å². The van der Waals surface area contributed by atoms with Gasteiger partial charge in [0.05, 0.1) is 11.8 Å². The average molecular weight is 218 g/mol. The standard InChI is InChI=1S/C12H14N2O2/c15-9-4-5-14-8-10(13-12(14)7-9)11-3-1-2-6-16-11/h4-5,7-8,11,13H,1-3,6H2. The highest BCUT2D eigenvalue weighted by molar-refractivity contribution is 5.39. The fourth-order valence-corrected chi connectivity index (χ4v) is 2.18. The second-order valence-corrected chi connectivity index (χ2v) is 4.22. The Morgan fingerprint density at radius 3 is 3.19 bits per heavy atom. The van der Waals surface area contributed by atoms with Crippen molar-refractivity contribution in [2.45, 2.75) is 25.4 Å². The van der Waals surface area contributed by atoms with Gasteiger partial charge in [-0.15, -0.1) is 0 Å². The normalized spacial score (nSPS) is 21.4. The van der Waals surface area contributed by atoms with E-state index in [1.165, 1.54) is 6.42 Å². The number of pyridine rings is 1. The third-order valence-electron chi connectivity index (χ3n) is 3.03. The van der Waals surface area contributed by atoms with Crippen LogP contribution in [0.5, 0.6) is 0 Å². The summed E-state index contributed by atoms with van der Waals surface area (Å²) in [6.45, 7) is 0.831. The quantitative estimate of drug-likeness (QED) is 0.794. The molecule has 1 aliphatic heterocycles. The lowest BCUT2D eigenvalue weighted by molar-refractivity contribution is 0.0126. The number of imidazole rings is 1. The zero-order valence-electron chi connectivity index (χ0n) is 8.98. The number of aromatic nitrogens is 2. The minimum Gasteiger partial charge on any atom is -0.372 e. The van der Waals surface area contributed by atoms with Gasteiger partial charge in [-0.1, -0.05) is 0 Å². The first-order valence-electron chi connectivity index (χ1n) is 5.65. The van der Waals surface area contributed by atoms with Crippen LogP contribution in [-0.4, -0.2) is 16.0 Å². The van der Waals surface area contributed by atoms with Gasteiger partial charge in [0.25, 0.3) is 0 Å². The van der Waals surface area contributed by atoms with Crippen molar-refractivity contribution in [2.24, 2.45) is 0 Å². The molecule has 0 amide bonds. The highest BCUT2D eigenvalue weighted by Crippen LogP contribution is 2.26. The van der Waals surface area contributed by atoms with Gasteiger partial charge in [-0.25, -0.2) is 0 Å². The summed E-state index contributed by atoms with van der Waals surface area (Å²) in [5.41, 5.74) is 1.92. The van der Waals surface area contributed by atoms with Crippen LogP contribution < -0.4 is 5.43 Å². The van der Waals surface area contributed by atoms with Gasteiger partial charge in [0.2, 0.25) is 0 Å². The lowest BCUT2D eigenvalue weighted by Gasteiger charge is -2.20. The molecule has 1 atom stereocenters. The van der Waals surface area contributed by atoms with Crippen LogP contribution in [0.15, 0.2) is 29.3 Å². The van der Waals surface area contributed by atoms with Crippen LogP contribution >= 0.6 is 0 Å². The van der Waals surface area contributed by atoms with Gasteiger partial charge in [-0.2, -0.15) is 0 Å². The molecule has 1 fully saturated rings. The number of rotatable bonds is 1. The largest absolute Gasteiger partial charge is 0.372 e. The summed E-state index contributed by atoms with van der Waals surface area (Å²) in [5, 5.41) is 0. The molecule has 1 saturated heterocycles. The van der Waals surface area contributed by atoms with E-state index in [-0.39, 0.29) is 11.5 Å². The van der Waals surface area contributed by atoms with E-state index in [1.54, 1.807) is 18.3 Å². The topological polar surface area (TPSA) is 46.5 Å². The molecule has 4 heteroatoms. The van der Waals surface area contributed by atoms with E-state index in [2.05, 4.69) is 4.98 Å². The summed E-state index contributed by atoms with van der Waals surface area (Å²) in [5.74, 6) is 0. The fourth-order valence-electron chi connectivity index (χ4n) is 2.18. The first-order chi connectivity index (χ1) is 7.83. The predicted octanol–water partition coefficient (Wildman–Crippen LogP) is 1.87. The van der Waals surface area contributed by atoms with E-state index in [9.17, 15) is 4.79 Å². The maximum Gasteiger partial charge on any atom is 0.183 e. The van der Waals surface area contributed by atoms with E-state index in [0.29, 0.717) is 0 Å². The van der Waals surface area contributed by atoms with Crippen LogP contribution in [0.4, 0.5) is 0 Å². The number of H-pyrrole nitrogens is 1. The van der Waals surface area contributed by atoms with Gasteiger partial charge in [0.15, 0.2) is 5.43 Å². The Bertz CT molecular complexity index is 549. The second kappa shape index (κ2) is 3.79. The van der Waals surface area contributed by atoms with Gasteiger partial charge in [-0.3, -0.25) is 4.79 Å². The zero-order chi connectivity index (χ0) is 11.0. The van der Waals surface area contributed by atoms with Gasteiger partial charge in [0.1, 0.15) is 5.65 Å². The van der Waals surface area contributed by atoms with Gasteiger partial charge < -0.3 is 14.1 Å². The summed E-state index contributed by atoms with van der Waals surface area (Å²) in [6.07, 6.45) is 7.35. The smallest absolute Gasteiger partial charge is 0.183 e. The number of fused-ring (bicyclic) bond motifs is 1. The zero-order valence-corrected chi connectivity index (χ0v) is 8.98. The molecule has 16 heavy (non-hydrogen) atoms. The molecule has 4 nitrogen and oxygen atoms in total. The Morgan fingerprint density at radius 2 is 2.38 bits per heavy atom. The van der Waals surface area contributed by atoms with Crippen LogP contribution in [0.3, 0.4) is 0 Å². The molecule has 2 aromatic heterocycles. The van der Waals surface area contributed by atoms with Crippen molar-refractivity contribution in [3.63, 3.8) is 0 Å². The van der Waals surface area contributed by atoms with Crippen molar-refractivity contribution < 1.29 is 4.74 Å². The first-order valence-corrected chi connectivity index (χ1v) is 5.65. The number of nitrogens with zero attached hydrogens (tertiary/aromatic N) is 1. The maximum atomic E-state index is 11.2. The van der Waals surface area contributed by atoms with Gasteiger partial charge >= 0.3 is 0 Å². The number of aromatic amines is 1. The lowest BCUT2D eigenvalue weighted by atomic mass is 10.1. The Labute approximate surface area is 92.9 Å². The number of hydrogen-bond acceptors (Lipinski definition) is 2. The van der Waals surface area contributed by atoms with E-state index in [0.717, 1.165) is 30.8 Å². The minimum atomic E-state index is 0.0259. The molecule has 84 valence electrons. The van der Waals surface area contributed by atoms with E-state index < -0.39 is 0 Å². The molecule has 1 N–H and O–H groups in total. The Kier molecular flexibility index (Phi) is 2.29. The monoisotopic (exact) mass is 218 g/mol.